The molecular formula is C12H21NO8. The van der Waals surface area contributed by atoms with Crippen molar-refractivity contribution in [2.75, 3.05) is 0 Å². The number of hydrogen-bond donors (Lipinski definition) is 5. The summed E-state index contributed by atoms with van der Waals surface area (Å²) in [5.41, 5.74) is -0.310. The molecule has 122 valence electrons. The van der Waals surface area contributed by atoms with Crippen LogP contribution in [0.15, 0.2) is 0 Å². The number of carboxylic acids is 4. The van der Waals surface area contributed by atoms with Gasteiger partial charge in [-0.05, 0) is 19.3 Å². The van der Waals surface area contributed by atoms with Gasteiger partial charge < -0.3 is 20.4 Å². The largest absolute Gasteiger partial charge is 0.481 e. The average Bonchev–Trinajstić information content (AvgIpc) is 2.26. The van der Waals surface area contributed by atoms with E-state index < -0.39 is 23.9 Å². The number of carboxylic acid groups (broad SMARTS) is 4. The summed E-state index contributed by atoms with van der Waals surface area (Å²) in [5.74, 6) is -3.70. The number of hydrogen-bond acceptors (Lipinski definition) is 5. The first-order valence-electron chi connectivity index (χ1n) is 5.92. The quantitative estimate of drug-likeness (QED) is 0.345. The summed E-state index contributed by atoms with van der Waals surface area (Å²) in [6.07, 6.45) is 2.10. The fourth-order valence-corrected chi connectivity index (χ4v) is 0.862. The van der Waals surface area contributed by atoms with Crippen molar-refractivity contribution in [2.24, 2.45) is 0 Å². The minimum Gasteiger partial charge on any atom is -0.481 e. The van der Waals surface area contributed by atoms with Gasteiger partial charge in [-0.3, -0.25) is 19.8 Å². The van der Waals surface area contributed by atoms with Crippen molar-refractivity contribution in [3.05, 3.63) is 0 Å². The zero-order valence-electron chi connectivity index (χ0n) is 12.0. The lowest BCUT2D eigenvalue weighted by molar-refractivity contribution is -0.137. The molecule has 9 nitrogen and oxygen atoms in total. The van der Waals surface area contributed by atoms with Crippen LogP contribution in [0.3, 0.4) is 0 Å². The van der Waals surface area contributed by atoms with Crippen LogP contribution in [0.25, 0.3) is 0 Å². The average molecular weight is 307 g/mol. The van der Waals surface area contributed by atoms with Crippen molar-refractivity contribution in [1.29, 1.82) is 5.41 Å². The second-order valence-corrected chi connectivity index (χ2v) is 3.78. The molecule has 0 aromatic rings. The van der Waals surface area contributed by atoms with Crippen molar-refractivity contribution in [1.82, 2.24) is 0 Å². The van der Waals surface area contributed by atoms with Crippen LogP contribution in [0, 0.1) is 5.41 Å². The predicted octanol–water partition coefficient (Wildman–Crippen LogP) is 1.31. The van der Waals surface area contributed by atoms with Gasteiger partial charge in [0.05, 0.1) is 0 Å². The van der Waals surface area contributed by atoms with E-state index in [4.69, 9.17) is 35.4 Å². The monoisotopic (exact) mass is 307 g/mol. The highest BCUT2D eigenvalue weighted by molar-refractivity contribution is 6.34. The minimum absolute atomic E-state index is 0.112. The van der Waals surface area contributed by atoms with Crippen LogP contribution in [0.2, 0.25) is 0 Å². The first-order chi connectivity index (χ1) is 9.50. The normalized spacial score (nSPS) is 8.29. The smallest absolute Gasteiger partial charge is 0.349 e. The van der Waals surface area contributed by atoms with Gasteiger partial charge in [0.25, 0.3) is 11.9 Å². The number of carbonyl (C=O) groups is 4. The molecule has 0 aliphatic carbocycles. The fourth-order valence-electron chi connectivity index (χ4n) is 0.862. The summed E-state index contributed by atoms with van der Waals surface area (Å²) in [4.78, 5) is 38.2. The Kier molecular flexibility index (Phi) is 17.6. The molecule has 0 fully saturated rings. The number of unbranched alkanes of at least 4 members (excludes halogenated alkanes) is 2. The molecule has 0 rings (SSSR count). The van der Waals surface area contributed by atoms with Crippen LogP contribution < -0.4 is 0 Å². The van der Waals surface area contributed by atoms with Crippen LogP contribution in [0.4, 0.5) is 0 Å². The van der Waals surface area contributed by atoms with E-state index in [0.29, 0.717) is 19.3 Å². The van der Waals surface area contributed by atoms with E-state index in [2.05, 4.69) is 0 Å². The molecule has 9 heteroatoms. The first-order valence-corrected chi connectivity index (χ1v) is 5.92. The summed E-state index contributed by atoms with van der Waals surface area (Å²) >= 11 is 0. The topological polar surface area (TPSA) is 173 Å². The van der Waals surface area contributed by atoms with Gasteiger partial charge in [-0.15, -0.1) is 0 Å². The van der Waals surface area contributed by atoms with E-state index in [1.807, 2.05) is 0 Å². The van der Waals surface area contributed by atoms with Crippen molar-refractivity contribution in [3.8, 4) is 0 Å². The third-order valence-electron chi connectivity index (χ3n) is 1.58. The maximum Gasteiger partial charge on any atom is 0.349 e. The highest BCUT2D eigenvalue weighted by Crippen LogP contribution is 2.03. The van der Waals surface area contributed by atoms with Gasteiger partial charge in [0, 0.05) is 20.3 Å². The second kappa shape index (κ2) is 15.6. The van der Waals surface area contributed by atoms with Gasteiger partial charge in [-0.2, -0.15) is 0 Å². The molecule has 0 aromatic carbocycles. The molecule has 21 heavy (non-hydrogen) atoms. The van der Waals surface area contributed by atoms with Crippen LogP contribution >= 0.6 is 0 Å². The van der Waals surface area contributed by atoms with E-state index in [-0.39, 0.29) is 18.6 Å². The van der Waals surface area contributed by atoms with Gasteiger partial charge in [-0.1, -0.05) is 6.42 Å². The predicted molar refractivity (Wildman–Crippen MR) is 72.7 cm³/mol. The Balaban J connectivity index is -0.000000334. The lowest BCUT2D eigenvalue weighted by Crippen LogP contribution is -2.10. The van der Waals surface area contributed by atoms with Crippen LogP contribution in [0.1, 0.15) is 46.0 Å². The number of nitrogens with one attached hydrogen (secondary N) is 1. The minimum atomic E-state index is -1.20. The van der Waals surface area contributed by atoms with Gasteiger partial charge >= 0.3 is 11.9 Å². The Morgan fingerprint density at radius 1 is 0.762 bits per heavy atom. The molecule has 0 aliphatic heterocycles. The van der Waals surface area contributed by atoms with E-state index in [9.17, 15) is 9.59 Å². The highest BCUT2D eigenvalue weighted by atomic mass is 16.4. The van der Waals surface area contributed by atoms with Crippen LogP contribution in [0.5, 0.6) is 0 Å². The lowest BCUT2D eigenvalue weighted by Gasteiger charge is -1.97. The summed E-state index contributed by atoms with van der Waals surface area (Å²) in [6.45, 7) is 2.17. The van der Waals surface area contributed by atoms with Crippen molar-refractivity contribution in [2.45, 2.75) is 46.0 Å². The molecule has 0 spiro atoms. The molecule has 0 amide bonds. The highest BCUT2D eigenvalue weighted by Gasteiger charge is 2.05. The van der Waals surface area contributed by atoms with E-state index in [1.165, 1.54) is 0 Å². The Morgan fingerprint density at radius 2 is 1.10 bits per heavy atom. The molecular weight excluding hydrogens is 286 g/mol. The van der Waals surface area contributed by atoms with Crippen molar-refractivity contribution >= 4 is 29.6 Å². The fraction of sp³-hybridized carbons (Fsp3) is 0.583. The number of aliphatic carboxylic acids is 4. The summed E-state index contributed by atoms with van der Waals surface area (Å²) < 4.78 is 0. The van der Waals surface area contributed by atoms with Gasteiger partial charge in [0.15, 0.2) is 0 Å². The molecule has 0 aliphatic rings. The second-order valence-electron chi connectivity index (χ2n) is 3.78. The molecule has 0 aromatic heterocycles. The number of rotatable bonds is 7. The summed E-state index contributed by atoms with van der Waals surface area (Å²) in [6, 6.07) is 0. The van der Waals surface area contributed by atoms with Crippen LogP contribution in [-0.2, 0) is 19.2 Å². The summed E-state index contributed by atoms with van der Waals surface area (Å²) in [7, 11) is 0. The lowest BCUT2D eigenvalue weighted by atomic mass is 10.1. The van der Waals surface area contributed by atoms with E-state index >= 15 is 0 Å². The maximum atomic E-state index is 10.2. The molecule has 0 radical (unpaired) electrons. The van der Waals surface area contributed by atoms with Gasteiger partial charge in [0.2, 0.25) is 0 Å². The standard InChI is InChI=1S/C8H13NO4.2C2H4O2/c9-6(8(12)13)4-2-1-3-5-7(10)11;2*1-2(3)4/h9H,1-5H2,(H,10,11)(H,12,13);2*1H3,(H,3,4). The van der Waals surface area contributed by atoms with Crippen LogP contribution in [-0.4, -0.2) is 50.0 Å². The molecule has 0 unspecified atom stereocenters. The first kappa shape index (κ1) is 23.6. The third-order valence-corrected chi connectivity index (χ3v) is 1.58. The maximum absolute atomic E-state index is 10.2. The Morgan fingerprint density at radius 3 is 1.38 bits per heavy atom. The molecule has 0 bridgehead atoms. The van der Waals surface area contributed by atoms with E-state index in [0.717, 1.165) is 13.8 Å². The zero-order chi connectivity index (χ0) is 17.4. The molecule has 0 atom stereocenters. The van der Waals surface area contributed by atoms with Crippen molar-refractivity contribution < 1.29 is 39.6 Å². The van der Waals surface area contributed by atoms with E-state index in [1.54, 1.807) is 0 Å². The Hall–Kier alpha value is -2.45. The van der Waals surface area contributed by atoms with Gasteiger partial charge in [0.1, 0.15) is 5.71 Å². The SMILES string of the molecule is CC(=O)O.CC(=O)O.N=C(CCCCCC(=O)O)C(=O)O. The molecule has 0 heterocycles. The molecule has 5 N–H and O–H groups in total. The summed E-state index contributed by atoms with van der Waals surface area (Å²) in [5, 5.41) is 38.4. The van der Waals surface area contributed by atoms with Gasteiger partial charge in [-0.25, -0.2) is 4.79 Å². The Labute approximate surface area is 121 Å². The molecule has 0 saturated heterocycles. The third kappa shape index (κ3) is 46.5. The van der Waals surface area contributed by atoms with Crippen molar-refractivity contribution in [3.63, 3.8) is 0 Å². The zero-order valence-corrected chi connectivity index (χ0v) is 12.0. The Bertz CT molecular complexity index is 344. The molecule has 0 saturated carbocycles.